The van der Waals surface area contributed by atoms with Crippen LogP contribution in [0.3, 0.4) is 0 Å². The molecule has 0 radical (unpaired) electrons. The maximum Gasteiger partial charge on any atom is 0.475 e. The third-order valence-corrected chi connectivity index (χ3v) is 3.13. The first-order valence-electron chi connectivity index (χ1n) is 5.67. The smallest absolute Gasteiger partial charge is 0.426 e. The molecule has 5 nitrogen and oxygen atoms in total. The molecule has 0 aliphatic carbocycles. The molecule has 0 saturated carbocycles. The highest BCUT2D eigenvalue weighted by Gasteiger charge is 2.40. The summed E-state index contributed by atoms with van der Waals surface area (Å²) in [6.45, 7) is 6.26. The number of nitrogens with two attached hydrogens (primary N) is 1. The van der Waals surface area contributed by atoms with Crippen molar-refractivity contribution >= 4 is 13.0 Å². The maximum absolute atomic E-state index is 12.1. The molecule has 1 aliphatic heterocycles. The van der Waals surface area contributed by atoms with Gasteiger partial charge in [0.1, 0.15) is 0 Å². The van der Waals surface area contributed by atoms with E-state index in [9.17, 15) is 14.8 Å². The second-order valence-corrected chi connectivity index (χ2v) is 5.50. The van der Waals surface area contributed by atoms with Crippen molar-refractivity contribution in [3.8, 4) is 0 Å². The SMILES string of the molecule is CC(C)(C)[C@H](N)C(=O)N1CCC[C@H]1B(O)O. The van der Waals surface area contributed by atoms with E-state index in [1.54, 1.807) is 0 Å². The molecule has 1 saturated heterocycles. The van der Waals surface area contributed by atoms with Crippen LogP contribution in [0.1, 0.15) is 33.6 Å². The van der Waals surface area contributed by atoms with Crippen molar-refractivity contribution in [2.24, 2.45) is 11.1 Å². The summed E-state index contributed by atoms with van der Waals surface area (Å²) in [5, 5.41) is 18.4. The number of hydrogen-bond donors (Lipinski definition) is 3. The number of rotatable bonds is 2. The molecule has 1 aliphatic rings. The van der Waals surface area contributed by atoms with Gasteiger partial charge in [-0.1, -0.05) is 20.8 Å². The lowest BCUT2D eigenvalue weighted by Gasteiger charge is -2.32. The second kappa shape index (κ2) is 4.73. The average molecular weight is 228 g/mol. The van der Waals surface area contributed by atoms with Crippen molar-refractivity contribution in [3.63, 3.8) is 0 Å². The lowest BCUT2D eigenvalue weighted by Crippen LogP contribution is -2.55. The summed E-state index contributed by atoms with van der Waals surface area (Å²) in [7, 11) is -1.47. The standard InChI is InChI=1S/C10H21BN2O3/c1-10(2,3)8(12)9(14)13-6-4-5-7(13)11(15)16/h7-8,15-16H,4-6,12H2,1-3H3/t7-,8+/m0/s1. The van der Waals surface area contributed by atoms with Gasteiger partial charge in [-0.25, -0.2) is 0 Å². The van der Waals surface area contributed by atoms with Gasteiger partial charge in [-0.2, -0.15) is 0 Å². The Hall–Kier alpha value is -0.585. The van der Waals surface area contributed by atoms with Gasteiger partial charge in [-0.15, -0.1) is 0 Å². The third kappa shape index (κ3) is 2.75. The fourth-order valence-corrected chi connectivity index (χ4v) is 1.93. The van der Waals surface area contributed by atoms with Crippen molar-refractivity contribution in [2.75, 3.05) is 6.54 Å². The van der Waals surface area contributed by atoms with E-state index in [1.807, 2.05) is 20.8 Å². The quantitative estimate of drug-likeness (QED) is 0.549. The molecule has 0 aromatic rings. The predicted molar refractivity (Wildman–Crippen MR) is 62.4 cm³/mol. The molecule has 1 rings (SSSR count). The molecule has 0 spiro atoms. The highest BCUT2D eigenvalue weighted by molar-refractivity contribution is 6.43. The molecule has 1 amide bonds. The normalized spacial score (nSPS) is 23.4. The van der Waals surface area contributed by atoms with Gasteiger partial charge in [-0.05, 0) is 18.3 Å². The van der Waals surface area contributed by atoms with E-state index in [1.165, 1.54) is 4.90 Å². The molecular formula is C10H21BN2O3. The Kier molecular flexibility index (Phi) is 3.99. The minimum atomic E-state index is -1.47. The first-order valence-corrected chi connectivity index (χ1v) is 5.67. The van der Waals surface area contributed by atoms with Crippen LogP contribution in [0.15, 0.2) is 0 Å². The molecule has 92 valence electrons. The number of likely N-dealkylation sites (tertiary alicyclic amines) is 1. The molecular weight excluding hydrogens is 207 g/mol. The molecule has 6 heteroatoms. The molecule has 2 atom stereocenters. The fraction of sp³-hybridized carbons (Fsp3) is 0.900. The van der Waals surface area contributed by atoms with Crippen LogP contribution in [-0.2, 0) is 4.79 Å². The Bertz CT molecular complexity index is 265. The summed E-state index contributed by atoms with van der Waals surface area (Å²) in [6.07, 6.45) is 1.42. The fourth-order valence-electron chi connectivity index (χ4n) is 1.93. The first kappa shape index (κ1) is 13.5. The van der Waals surface area contributed by atoms with Gasteiger partial charge in [0, 0.05) is 6.54 Å². The van der Waals surface area contributed by atoms with Gasteiger partial charge in [0.15, 0.2) is 0 Å². The van der Waals surface area contributed by atoms with Gasteiger partial charge in [-0.3, -0.25) is 4.79 Å². The highest BCUT2D eigenvalue weighted by atomic mass is 16.4. The minimum Gasteiger partial charge on any atom is -0.426 e. The van der Waals surface area contributed by atoms with Crippen LogP contribution in [0, 0.1) is 5.41 Å². The molecule has 0 unspecified atom stereocenters. The summed E-state index contributed by atoms with van der Waals surface area (Å²) < 4.78 is 0. The van der Waals surface area contributed by atoms with Crippen molar-refractivity contribution in [1.29, 1.82) is 0 Å². The number of hydrogen-bond acceptors (Lipinski definition) is 4. The number of carbonyl (C=O) groups excluding carboxylic acids is 1. The molecule has 4 N–H and O–H groups in total. The van der Waals surface area contributed by atoms with Crippen LogP contribution in [0.25, 0.3) is 0 Å². The monoisotopic (exact) mass is 228 g/mol. The van der Waals surface area contributed by atoms with E-state index in [2.05, 4.69) is 0 Å². The highest BCUT2D eigenvalue weighted by Crippen LogP contribution is 2.24. The number of carbonyl (C=O) groups is 1. The number of amides is 1. The maximum atomic E-state index is 12.1. The number of nitrogens with zero attached hydrogens (tertiary/aromatic N) is 1. The Labute approximate surface area is 96.8 Å². The van der Waals surface area contributed by atoms with Gasteiger partial charge >= 0.3 is 7.12 Å². The van der Waals surface area contributed by atoms with Crippen LogP contribution in [0.5, 0.6) is 0 Å². The van der Waals surface area contributed by atoms with Crippen molar-refractivity contribution in [1.82, 2.24) is 4.90 Å². The van der Waals surface area contributed by atoms with Gasteiger partial charge in [0.2, 0.25) is 5.91 Å². The van der Waals surface area contributed by atoms with E-state index in [-0.39, 0.29) is 11.3 Å². The van der Waals surface area contributed by atoms with Gasteiger partial charge in [0.05, 0.1) is 12.0 Å². The van der Waals surface area contributed by atoms with Crippen molar-refractivity contribution < 1.29 is 14.8 Å². The zero-order valence-corrected chi connectivity index (χ0v) is 10.2. The summed E-state index contributed by atoms with van der Waals surface area (Å²) in [5.74, 6) is -0.691. The Morgan fingerprint density at radius 3 is 2.50 bits per heavy atom. The van der Waals surface area contributed by atoms with E-state index in [0.29, 0.717) is 13.0 Å². The molecule has 16 heavy (non-hydrogen) atoms. The Morgan fingerprint density at radius 2 is 2.06 bits per heavy atom. The van der Waals surface area contributed by atoms with E-state index < -0.39 is 19.1 Å². The van der Waals surface area contributed by atoms with Crippen molar-refractivity contribution in [2.45, 2.75) is 45.6 Å². The van der Waals surface area contributed by atoms with Crippen LogP contribution in [0.4, 0.5) is 0 Å². The topological polar surface area (TPSA) is 86.8 Å². The summed E-state index contributed by atoms with van der Waals surface area (Å²) in [5.41, 5.74) is 5.57. The Balaban J connectivity index is 2.74. The largest absolute Gasteiger partial charge is 0.475 e. The predicted octanol–water partition coefficient (Wildman–Crippen LogP) is -0.637. The molecule has 0 aromatic carbocycles. The average Bonchev–Trinajstić information content (AvgIpc) is 2.62. The molecule has 0 aromatic heterocycles. The zero-order valence-electron chi connectivity index (χ0n) is 10.2. The molecule has 1 fully saturated rings. The van der Waals surface area contributed by atoms with E-state index in [0.717, 1.165) is 6.42 Å². The van der Waals surface area contributed by atoms with E-state index in [4.69, 9.17) is 5.73 Å². The van der Waals surface area contributed by atoms with Gasteiger partial charge < -0.3 is 20.7 Å². The third-order valence-electron chi connectivity index (χ3n) is 3.13. The lowest BCUT2D eigenvalue weighted by atomic mass is 9.77. The summed E-state index contributed by atoms with van der Waals surface area (Å²) in [6, 6.07) is -0.605. The van der Waals surface area contributed by atoms with Crippen LogP contribution in [-0.4, -0.2) is 46.5 Å². The zero-order chi connectivity index (χ0) is 12.5. The van der Waals surface area contributed by atoms with Crippen LogP contribution >= 0.6 is 0 Å². The Morgan fingerprint density at radius 1 is 1.50 bits per heavy atom. The first-order chi connectivity index (χ1) is 7.25. The van der Waals surface area contributed by atoms with E-state index >= 15 is 0 Å². The minimum absolute atomic E-state index is 0.192. The summed E-state index contributed by atoms with van der Waals surface area (Å²) >= 11 is 0. The molecule has 1 heterocycles. The van der Waals surface area contributed by atoms with Crippen LogP contribution < -0.4 is 5.73 Å². The summed E-state index contributed by atoms with van der Waals surface area (Å²) in [4.78, 5) is 13.6. The second-order valence-electron chi connectivity index (χ2n) is 5.50. The van der Waals surface area contributed by atoms with Gasteiger partial charge in [0.25, 0.3) is 0 Å². The van der Waals surface area contributed by atoms with Crippen LogP contribution in [0.2, 0.25) is 0 Å². The lowest BCUT2D eigenvalue weighted by molar-refractivity contribution is -0.134. The molecule has 0 bridgehead atoms. The van der Waals surface area contributed by atoms with Crippen molar-refractivity contribution in [3.05, 3.63) is 0 Å².